The number of nitrogens with zero attached hydrogens (tertiary/aromatic N) is 1. The van der Waals surface area contributed by atoms with Gasteiger partial charge in [-0.25, -0.2) is 0 Å². The van der Waals surface area contributed by atoms with Crippen LogP contribution in [-0.4, -0.2) is 10.7 Å². The third-order valence-corrected chi connectivity index (χ3v) is 2.24. The molecule has 0 aliphatic carbocycles. The summed E-state index contributed by atoms with van der Waals surface area (Å²) in [6.45, 7) is 6.32. The highest BCUT2D eigenvalue weighted by Crippen LogP contribution is 2.26. The van der Waals surface area contributed by atoms with Gasteiger partial charge in [0.25, 0.3) is 0 Å². The smallest absolute Gasteiger partial charge is 0.123 e. The predicted molar refractivity (Wildman–Crippen MR) is 45.7 cm³/mol. The molecule has 0 aromatic heterocycles. The summed E-state index contributed by atoms with van der Waals surface area (Å²) < 4.78 is 0. The second-order valence-electron chi connectivity index (χ2n) is 3.24. The predicted octanol–water partition coefficient (Wildman–Crippen LogP) is 2.61. The van der Waals surface area contributed by atoms with E-state index in [9.17, 15) is 0 Å². The van der Waals surface area contributed by atoms with Crippen LogP contribution >= 0.6 is 11.6 Å². The molecule has 10 heavy (non-hydrogen) atoms. The minimum atomic E-state index is -0.0220. The zero-order chi connectivity index (χ0) is 7.78. The summed E-state index contributed by atoms with van der Waals surface area (Å²) in [6, 6.07) is 0. The lowest BCUT2D eigenvalue weighted by Crippen LogP contribution is -2.28. The van der Waals surface area contributed by atoms with E-state index in [0.717, 1.165) is 0 Å². The van der Waals surface area contributed by atoms with Crippen molar-refractivity contribution < 1.29 is 0 Å². The number of dihydropyridines is 1. The van der Waals surface area contributed by atoms with Crippen molar-refractivity contribution in [3.8, 4) is 0 Å². The number of hydrogen-bond acceptors (Lipinski definition) is 1. The van der Waals surface area contributed by atoms with Gasteiger partial charge in [-0.15, -0.1) is 0 Å². The highest BCUT2D eigenvalue weighted by Gasteiger charge is 2.25. The van der Waals surface area contributed by atoms with Crippen LogP contribution in [0, 0.1) is 5.92 Å². The maximum absolute atomic E-state index is 5.73. The molecule has 0 aromatic carbocycles. The number of allylic oxidation sites excluding steroid dienone is 1. The quantitative estimate of drug-likeness (QED) is 0.513. The van der Waals surface area contributed by atoms with Crippen molar-refractivity contribution in [1.29, 1.82) is 0 Å². The van der Waals surface area contributed by atoms with Crippen LogP contribution in [0.3, 0.4) is 0 Å². The lowest BCUT2D eigenvalue weighted by molar-refractivity contribution is 0.410. The maximum Gasteiger partial charge on any atom is 0.123 e. The van der Waals surface area contributed by atoms with Gasteiger partial charge < -0.3 is 0 Å². The van der Waals surface area contributed by atoms with Crippen LogP contribution in [-0.2, 0) is 0 Å². The summed E-state index contributed by atoms with van der Waals surface area (Å²) in [6.07, 6.45) is 3.95. The van der Waals surface area contributed by atoms with Crippen molar-refractivity contribution in [3.63, 3.8) is 0 Å². The molecular weight excluding hydrogens is 146 g/mol. The second kappa shape index (κ2) is 2.39. The average Bonchev–Trinajstić information content (AvgIpc) is 1.78. The summed E-state index contributed by atoms with van der Waals surface area (Å²) in [5.41, 5.74) is -0.0220. The van der Waals surface area contributed by atoms with Gasteiger partial charge in [0.15, 0.2) is 0 Å². The summed E-state index contributed by atoms with van der Waals surface area (Å²) in [7, 11) is 0. The Kier molecular flexibility index (Phi) is 1.86. The van der Waals surface area contributed by atoms with Crippen LogP contribution in [0.2, 0.25) is 0 Å². The first-order chi connectivity index (χ1) is 4.52. The molecule has 0 aromatic rings. The molecule has 1 rings (SSSR count). The van der Waals surface area contributed by atoms with Crippen molar-refractivity contribution in [2.24, 2.45) is 10.9 Å². The SMILES string of the molecule is CC1C=CC(Cl)=NC1(C)C. The normalized spacial score (nSPS) is 30.0. The average molecular weight is 158 g/mol. The molecule has 1 nitrogen and oxygen atoms in total. The monoisotopic (exact) mass is 157 g/mol. The molecule has 0 saturated heterocycles. The molecule has 0 radical (unpaired) electrons. The molecule has 1 aliphatic rings. The molecule has 0 amide bonds. The van der Waals surface area contributed by atoms with E-state index in [1.807, 2.05) is 6.08 Å². The summed E-state index contributed by atoms with van der Waals surface area (Å²) in [5.74, 6) is 0.481. The number of halogens is 1. The van der Waals surface area contributed by atoms with E-state index in [1.165, 1.54) is 0 Å². The number of hydrogen-bond donors (Lipinski definition) is 0. The van der Waals surface area contributed by atoms with Crippen LogP contribution in [0.5, 0.6) is 0 Å². The van der Waals surface area contributed by atoms with Gasteiger partial charge in [0, 0.05) is 0 Å². The van der Waals surface area contributed by atoms with Gasteiger partial charge in [-0.3, -0.25) is 4.99 Å². The summed E-state index contributed by atoms with van der Waals surface area (Å²) in [5, 5.41) is 0.614. The zero-order valence-electron chi connectivity index (χ0n) is 6.56. The molecule has 0 saturated carbocycles. The van der Waals surface area contributed by atoms with E-state index in [0.29, 0.717) is 11.1 Å². The summed E-state index contributed by atoms with van der Waals surface area (Å²) in [4.78, 5) is 4.29. The molecule has 0 N–H and O–H groups in total. The van der Waals surface area contributed by atoms with Crippen molar-refractivity contribution >= 4 is 16.8 Å². The van der Waals surface area contributed by atoms with Gasteiger partial charge in [-0.05, 0) is 25.8 Å². The third-order valence-electron chi connectivity index (χ3n) is 2.03. The third kappa shape index (κ3) is 1.40. The van der Waals surface area contributed by atoms with Crippen LogP contribution in [0.25, 0.3) is 0 Å². The second-order valence-corrected chi connectivity index (χ2v) is 3.62. The number of aliphatic imine (C=N–C) groups is 1. The standard InChI is InChI=1S/C8H12ClN/c1-6-4-5-7(9)10-8(6,2)3/h4-6H,1-3H3. The molecular formula is C8H12ClN. The fourth-order valence-corrected chi connectivity index (χ4v) is 1.16. The van der Waals surface area contributed by atoms with Crippen LogP contribution in [0.4, 0.5) is 0 Å². The summed E-state index contributed by atoms with van der Waals surface area (Å²) >= 11 is 5.73. The molecule has 1 unspecified atom stereocenters. The Bertz CT molecular complexity index is 191. The van der Waals surface area contributed by atoms with Gasteiger partial charge >= 0.3 is 0 Å². The molecule has 56 valence electrons. The number of rotatable bonds is 0. The Labute approximate surface area is 66.8 Å². The van der Waals surface area contributed by atoms with E-state index in [1.54, 1.807) is 0 Å². The van der Waals surface area contributed by atoms with Gasteiger partial charge in [0.1, 0.15) is 5.17 Å². The Morgan fingerprint density at radius 3 is 2.60 bits per heavy atom. The molecule has 0 bridgehead atoms. The Hall–Kier alpha value is -0.300. The fourth-order valence-electron chi connectivity index (χ4n) is 0.874. The lowest BCUT2D eigenvalue weighted by Gasteiger charge is -2.27. The molecule has 0 spiro atoms. The van der Waals surface area contributed by atoms with Crippen molar-refractivity contribution in [2.45, 2.75) is 26.3 Å². The van der Waals surface area contributed by atoms with Crippen molar-refractivity contribution in [3.05, 3.63) is 12.2 Å². The minimum absolute atomic E-state index is 0.0220. The molecule has 0 fully saturated rings. The van der Waals surface area contributed by atoms with Crippen LogP contribution < -0.4 is 0 Å². The van der Waals surface area contributed by atoms with E-state index in [-0.39, 0.29) is 5.54 Å². The molecule has 1 atom stereocenters. The van der Waals surface area contributed by atoms with Crippen molar-refractivity contribution in [1.82, 2.24) is 0 Å². The fraction of sp³-hybridized carbons (Fsp3) is 0.625. The molecule has 1 aliphatic heterocycles. The zero-order valence-corrected chi connectivity index (χ0v) is 7.31. The van der Waals surface area contributed by atoms with E-state index >= 15 is 0 Å². The van der Waals surface area contributed by atoms with Gasteiger partial charge in [0.2, 0.25) is 0 Å². The lowest BCUT2D eigenvalue weighted by atomic mass is 9.88. The van der Waals surface area contributed by atoms with Gasteiger partial charge in [-0.1, -0.05) is 24.6 Å². The van der Waals surface area contributed by atoms with Crippen molar-refractivity contribution in [2.75, 3.05) is 0 Å². The maximum atomic E-state index is 5.73. The van der Waals surface area contributed by atoms with Gasteiger partial charge in [0.05, 0.1) is 5.54 Å². The van der Waals surface area contributed by atoms with Gasteiger partial charge in [-0.2, -0.15) is 0 Å². The largest absolute Gasteiger partial charge is 0.266 e. The van der Waals surface area contributed by atoms with E-state index < -0.39 is 0 Å². The molecule has 1 heterocycles. The van der Waals surface area contributed by atoms with E-state index in [4.69, 9.17) is 11.6 Å². The minimum Gasteiger partial charge on any atom is -0.266 e. The van der Waals surface area contributed by atoms with E-state index in [2.05, 4.69) is 31.8 Å². The molecule has 2 heteroatoms. The van der Waals surface area contributed by atoms with Crippen LogP contribution in [0.15, 0.2) is 17.1 Å². The Morgan fingerprint density at radius 2 is 2.20 bits per heavy atom. The highest BCUT2D eigenvalue weighted by atomic mass is 35.5. The first-order valence-corrected chi connectivity index (χ1v) is 3.84. The first kappa shape index (κ1) is 7.80. The first-order valence-electron chi connectivity index (χ1n) is 3.46. The van der Waals surface area contributed by atoms with Crippen LogP contribution in [0.1, 0.15) is 20.8 Å². The highest BCUT2D eigenvalue weighted by molar-refractivity contribution is 6.68. The Morgan fingerprint density at radius 1 is 1.60 bits per heavy atom. The topological polar surface area (TPSA) is 12.4 Å². The Balaban J connectivity index is 2.88.